The topological polar surface area (TPSA) is 274 Å². The third kappa shape index (κ3) is 4.43. The van der Waals surface area contributed by atoms with Crippen LogP contribution in [0.3, 0.4) is 0 Å². The van der Waals surface area contributed by atoms with Crippen molar-refractivity contribution in [2.45, 2.75) is 23.9 Å². The highest BCUT2D eigenvalue weighted by atomic mass is 16.4. The van der Waals surface area contributed by atoms with Gasteiger partial charge < -0.3 is 56.2 Å². The van der Waals surface area contributed by atoms with Crippen LogP contribution in [-0.2, 0) is 9.59 Å². The Kier molecular flexibility index (Phi) is 7.35. The number of benzene rings is 2. The fourth-order valence-electron chi connectivity index (χ4n) is 2.95. The molecule has 2 aromatic rings. The van der Waals surface area contributed by atoms with E-state index in [1.54, 1.807) is 0 Å². The first kappa shape index (κ1) is 26.3. The van der Waals surface area contributed by atoms with Crippen molar-refractivity contribution in [3.8, 4) is 34.5 Å². The van der Waals surface area contributed by atoms with Crippen molar-refractivity contribution in [1.82, 2.24) is 0 Å². The van der Waals surface area contributed by atoms with E-state index in [0.29, 0.717) is 24.3 Å². The van der Waals surface area contributed by atoms with E-state index in [2.05, 4.69) is 0 Å². The molecule has 14 nitrogen and oxygen atoms in total. The van der Waals surface area contributed by atoms with E-state index >= 15 is 0 Å². The Balaban J connectivity index is 2.60. The lowest BCUT2D eigenvalue weighted by Gasteiger charge is -2.29. The molecule has 184 valence electrons. The van der Waals surface area contributed by atoms with Gasteiger partial charge >= 0.3 is 0 Å². The Bertz CT molecular complexity index is 1100. The number of hydrogen-bond acceptors (Lipinski definition) is 14. The maximum Gasteiger partial charge on any atom is 0.250 e. The first-order valence-corrected chi connectivity index (χ1v) is 9.19. The lowest BCUT2D eigenvalue weighted by molar-refractivity contribution is -0.160. The summed E-state index contributed by atoms with van der Waals surface area (Å²) in [4.78, 5) is 38.3. The molecule has 0 saturated heterocycles. The number of rotatable bonds is 9. The quantitative estimate of drug-likeness (QED) is 0.0991. The van der Waals surface area contributed by atoms with Crippen LogP contribution in [0.25, 0.3) is 0 Å². The smallest absolute Gasteiger partial charge is 0.250 e. The van der Waals surface area contributed by atoms with Crippen molar-refractivity contribution in [2.24, 2.45) is 0 Å². The molecular formula is C20H20O14. The third-order valence-corrected chi connectivity index (χ3v) is 4.85. The zero-order valence-electron chi connectivity index (χ0n) is 16.9. The molecule has 0 bridgehead atoms. The molecule has 0 radical (unpaired) electrons. The Labute approximate surface area is 189 Å². The predicted molar refractivity (Wildman–Crippen MR) is 106 cm³/mol. The van der Waals surface area contributed by atoms with Gasteiger partial charge in [0.15, 0.2) is 34.5 Å². The minimum absolute atomic E-state index is 0.424. The molecule has 0 spiro atoms. The molecule has 2 unspecified atom stereocenters. The summed E-state index contributed by atoms with van der Waals surface area (Å²) in [5.74, 6) is -12.5. The van der Waals surface area contributed by atoms with E-state index in [-0.39, 0.29) is 0 Å². The Morgan fingerprint density at radius 1 is 0.735 bits per heavy atom. The van der Waals surface area contributed by atoms with Gasteiger partial charge in [-0.15, -0.1) is 0 Å². The van der Waals surface area contributed by atoms with Crippen LogP contribution in [0.5, 0.6) is 34.5 Å². The molecule has 0 aliphatic carbocycles. The fraction of sp³-hybridized carbons (Fsp3) is 0.250. The molecule has 0 amide bonds. The fourth-order valence-corrected chi connectivity index (χ4v) is 2.95. The normalized spacial score (nSPS) is 15.7. The second-order valence-electron chi connectivity index (χ2n) is 7.13. The van der Waals surface area contributed by atoms with Crippen molar-refractivity contribution in [1.29, 1.82) is 0 Å². The standard InChI is InChI=1S/C20H20O14/c21-5-12(26)18(32)20(34,17(31)7-3-10(24)15(29)11(25)4-7)19(33)16(30)13(27)6-1-8(22)14(28)9(23)2-6/h1-4,12-13,16,21-30,34H,5H2/t12-,13?,16?,20-/m0/s1. The Morgan fingerprint density at radius 3 is 1.56 bits per heavy atom. The number of phenolic OH excluding ortho intramolecular Hbond substituents is 6. The van der Waals surface area contributed by atoms with Gasteiger partial charge in [-0.25, -0.2) is 0 Å². The molecule has 2 rings (SSSR count). The van der Waals surface area contributed by atoms with Gasteiger partial charge in [-0.05, 0) is 29.8 Å². The first-order valence-electron chi connectivity index (χ1n) is 9.19. The van der Waals surface area contributed by atoms with Gasteiger partial charge in [0, 0.05) is 5.56 Å². The largest absolute Gasteiger partial charge is 0.504 e. The van der Waals surface area contributed by atoms with Crippen LogP contribution in [0.15, 0.2) is 24.3 Å². The lowest BCUT2D eigenvalue weighted by atomic mass is 9.79. The molecule has 2 aromatic carbocycles. The van der Waals surface area contributed by atoms with Crippen molar-refractivity contribution < 1.29 is 70.6 Å². The summed E-state index contributed by atoms with van der Waals surface area (Å²) in [6.07, 6.45) is -7.85. The monoisotopic (exact) mass is 484 g/mol. The molecule has 0 aliphatic rings. The number of aliphatic hydroxyl groups excluding tert-OH is 4. The molecule has 0 fully saturated rings. The van der Waals surface area contributed by atoms with Crippen LogP contribution < -0.4 is 0 Å². The lowest BCUT2D eigenvalue weighted by Crippen LogP contribution is -2.61. The average Bonchev–Trinajstić information content (AvgIpc) is 2.81. The van der Waals surface area contributed by atoms with Gasteiger partial charge in [-0.1, -0.05) is 0 Å². The highest BCUT2D eigenvalue weighted by Gasteiger charge is 2.56. The van der Waals surface area contributed by atoms with Crippen LogP contribution in [0.1, 0.15) is 22.0 Å². The van der Waals surface area contributed by atoms with E-state index in [0.717, 1.165) is 0 Å². The summed E-state index contributed by atoms with van der Waals surface area (Å²) >= 11 is 0. The Morgan fingerprint density at radius 2 is 1.15 bits per heavy atom. The number of carbonyl (C=O) groups is 3. The van der Waals surface area contributed by atoms with Gasteiger partial charge in [0.05, 0.1) is 6.61 Å². The summed E-state index contributed by atoms with van der Waals surface area (Å²) in [6, 6.07) is 2.04. The van der Waals surface area contributed by atoms with Gasteiger partial charge in [0.2, 0.25) is 17.3 Å². The van der Waals surface area contributed by atoms with Crippen molar-refractivity contribution in [2.75, 3.05) is 6.61 Å². The van der Waals surface area contributed by atoms with Crippen LogP contribution in [-0.4, -0.2) is 97.9 Å². The highest BCUT2D eigenvalue weighted by Crippen LogP contribution is 2.39. The molecule has 0 saturated carbocycles. The summed E-state index contributed by atoms with van der Waals surface area (Å²) in [6.45, 7) is -1.40. The van der Waals surface area contributed by atoms with Crippen LogP contribution in [0.2, 0.25) is 0 Å². The maximum atomic E-state index is 12.9. The molecular weight excluding hydrogens is 464 g/mol. The molecule has 0 aliphatic heterocycles. The third-order valence-electron chi connectivity index (χ3n) is 4.85. The van der Waals surface area contributed by atoms with Crippen LogP contribution >= 0.6 is 0 Å². The van der Waals surface area contributed by atoms with Crippen LogP contribution in [0, 0.1) is 0 Å². The highest BCUT2D eigenvalue weighted by molar-refractivity contribution is 6.33. The Hall–Kier alpha value is -3.95. The van der Waals surface area contributed by atoms with E-state index in [1.165, 1.54) is 0 Å². The van der Waals surface area contributed by atoms with Gasteiger partial charge in [-0.2, -0.15) is 0 Å². The van der Waals surface area contributed by atoms with Gasteiger partial charge in [-0.3, -0.25) is 14.4 Å². The van der Waals surface area contributed by atoms with Crippen LogP contribution in [0.4, 0.5) is 0 Å². The van der Waals surface area contributed by atoms with E-state index < -0.39 is 93.5 Å². The minimum atomic E-state index is -4.01. The first-order chi connectivity index (χ1) is 15.7. The molecule has 0 heterocycles. The molecule has 4 atom stereocenters. The number of ketones is 3. The average molecular weight is 484 g/mol. The molecule has 0 aromatic heterocycles. The zero-order valence-corrected chi connectivity index (χ0v) is 16.9. The SMILES string of the molecule is O=C(c1cc(O)c(O)c(O)c1)[C@@](O)(C(=O)C(O)C(O)c1cc(O)c(O)c(O)c1)C(=O)[C@@H](O)CO. The zero-order chi connectivity index (χ0) is 26.1. The second-order valence-corrected chi connectivity index (χ2v) is 7.13. The number of phenols is 6. The number of carbonyl (C=O) groups excluding carboxylic acids is 3. The minimum Gasteiger partial charge on any atom is -0.504 e. The predicted octanol–water partition coefficient (Wildman–Crippen LogP) is -2.58. The number of aliphatic hydroxyl groups is 5. The van der Waals surface area contributed by atoms with Crippen molar-refractivity contribution in [3.63, 3.8) is 0 Å². The number of aromatic hydroxyl groups is 6. The van der Waals surface area contributed by atoms with Crippen molar-refractivity contribution >= 4 is 17.3 Å². The molecule has 14 heteroatoms. The maximum absolute atomic E-state index is 12.9. The number of Topliss-reactive ketones (excluding diaryl/α,β-unsaturated/α-hetero) is 3. The molecule has 11 N–H and O–H groups in total. The molecule has 34 heavy (non-hydrogen) atoms. The summed E-state index contributed by atoms with van der Waals surface area (Å²) in [5, 5.41) is 107. The summed E-state index contributed by atoms with van der Waals surface area (Å²) in [5.41, 5.74) is -5.61. The number of hydrogen-bond donors (Lipinski definition) is 11. The van der Waals surface area contributed by atoms with E-state index in [1.807, 2.05) is 0 Å². The van der Waals surface area contributed by atoms with E-state index in [9.17, 15) is 65.4 Å². The summed E-state index contributed by atoms with van der Waals surface area (Å²) in [7, 11) is 0. The second kappa shape index (κ2) is 9.50. The van der Waals surface area contributed by atoms with Crippen molar-refractivity contribution in [3.05, 3.63) is 35.4 Å². The van der Waals surface area contributed by atoms with E-state index in [4.69, 9.17) is 5.11 Å². The summed E-state index contributed by atoms with van der Waals surface area (Å²) < 4.78 is 0. The van der Waals surface area contributed by atoms with Gasteiger partial charge in [0.1, 0.15) is 18.3 Å². The van der Waals surface area contributed by atoms with Gasteiger partial charge in [0.25, 0.3) is 5.60 Å².